The summed E-state index contributed by atoms with van der Waals surface area (Å²) in [5, 5.41) is 2.58. The highest BCUT2D eigenvalue weighted by atomic mass is 14.8. The molecule has 0 fully saturated rings. The first-order valence-electron chi connectivity index (χ1n) is 9.82. The van der Waals surface area contributed by atoms with E-state index in [9.17, 15) is 0 Å². The molecule has 0 bridgehead atoms. The van der Waals surface area contributed by atoms with Gasteiger partial charge in [0.25, 0.3) is 0 Å². The molecule has 0 N–H and O–H groups in total. The van der Waals surface area contributed by atoms with Crippen molar-refractivity contribution in [1.29, 1.82) is 0 Å². The van der Waals surface area contributed by atoms with Gasteiger partial charge < -0.3 is 0 Å². The van der Waals surface area contributed by atoms with Crippen molar-refractivity contribution in [3.05, 3.63) is 119 Å². The molecule has 1 nitrogen and oxygen atoms in total. The second kappa shape index (κ2) is 8.22. The number of hydrogen-bond acceptors (Lipinski definition) is 1. The van der Waals surface area contributed by atoms with Crippen LogP contribution in [0.25, 0.3) is 10.8 Å². The third-order valence-corrected chi connectivity index (χ3v) is 5.23. The molecule has 28 heavy (non-hydrogen) atoms. The van der Waals surface area contributed by atoms with Crippen molar-refractivity contribution in [1.82, 2.24) is 0 Å². The van der Waals surface area contributed by atoms with Gasteiger partial charge in [-0.2, -0.15) is 0 Å². The van der Waals surface area contributed by atoms with Crippen molar-refractivity contribution in [2.24, 2.45) is 4.99 Å². The smallest absolute Gasteiger partial charge is 0.0995 e. The number of aryl methyl sites for hydroxylation is 2. The zero-order valence-corrected chi connectivity index (χ0v) is 16.5. The van der Waals surface area contributed by atoms with Gasteiger partial charge in [0.05, 0.1) is 6.04 Å². The van der Waals surface area contributed by atoms with Crippen LogP contribution in [0.2, 0.25) is 0 Å². The molecule has 4 aromatic rings. The summed E-state index contributed by atoms with van der Waals surface area (Å²) < 4.78 is 0. The van der Waals surface area contributed by atoms with E-state index in [0.29, 0.717) is 0 Å². The van der Waals surface area contributed by atoms with Crippen molar-refractivity contribution < 1.29 is 0 Å². The average Bonchev–Trinajstić information content (AvgIpc) is 2.73. The Morgan fingerprint density at radius 3 is 1.89 bits per heavy atom. The van der Waals surface area contributed by atoms with Gasteiger partial charge in [-0.25, -0.2) is 0 Å². The number of nitrogens with zero attached hydrogens (tertiary/aromatic N) is 1. The van der Waals surface area contributed by atoms with Crippen LogP contribution in [0.15, 0.2) is 96.0 Å². The van der Waals surface area contributed by atoms with E-state index in [0.717, 1.165) is 6.42 Å². The molecule has 0 aliphatic rings. The van der Waals surface area contributed by atoms with Crippen LogP contribution in [0.5, 0.6) is 0 Å². The van der Waals surface area contributed by atoms with Gasteiger partial charge in [0.1, 0.15) is 0 Å². The van der Waals surface area contributed by atoms with Gasteiger partial charge in [-0.05, 0) is 41.3 Å². The molecule has 0 heterocycles. The van der Waals surface area contributed by atoms with Crippen LogP contribution in [-0.2, 0) is 6.42 Å². The molecular formula is C27H25N. The summed E-state index contributed by atoms with van der Waals surface area (Å²) in [5.74, 6) is 0. The summed E-state index contributed by atoms with van der Waals surface area (Å²) >= 11 is 0. The minimum Gasteiger partial charge on any atom is -0.284 e. The fourth-order valence-electron chi connectivity index (χ4n) is 3.59. The van der Waals surface area contributed by atoms with Crippen LogP contribution in [0.1, 0.15) is 33.9 Å². The number of hydrogen-bond donors (Lipinski definition) is 0. The quantitative estimate of drug-likeness (QED) is 0.343. The lowest BCUT2D eigenvalue weighted by Crippen LogP contribution is -2.00. The SMILES string of the molecule is Cc1ccc(C(N=CCc2cccc3ccccc23)c2ccc(C)cc2)cc1. The Morgan fingerprint density at radius 2 is 1.25 bits per heavy atom. The van der Waals surface area contributed by atoms with Gasteiger partial charge in [-0.15, -0.1) is 0 Å². The van der Waals surface area contributed by atoms with Gasteiger partial charge in [0, 0.05) is 12.6 Å². The van der Waals surface area contributed by atoms with Crippen LogP contribution in [0, 0.1) is 13.8 Å². The molecule has 0 aromatic heterocycles. The molecule has 4 rings (SSSR count). The molecule has 0 aliphatic heterocycles. The number of fused-ring (bicyclic) bond motifs is 1. The fraction of sp³-hybridized carbons (Fsp3) is 0.148. The lowest BCUT2D eigenvalue weighted by Gasteiger charge is -2.14. The van der Waals surface area contributed by atoms with Crippen molar-refractivity contribution in [3.63, 3.8) is 0 Å². The molecule has 0 spiro atoms. The van der Waals surface area contributed by atoms with Crippen molar-refractivity contribution in [2.75, 3.05) is 0 Å². The topological polar surface area (TPSA) is 12.4 Å². The fourth-order valence-corrected chi connectivity index (χ4v) is 3.59. The van der Waals surface area contributed by atoms with E-state index in [1.165, 1.54) is 38.6 Å². The van der Waals surface area contributed by atoms with Gasteiger partial charge in [-0.1, -0.05) is 102 Å². The van der Waals surface area contributed by atoms with E-state index < -0.39 is 0 Å². The normalized spacial score (nSPS) is 11.5. The summed E-state index contributed by atoms with van der Waals surface area (Å²) in [7, 11) is 0. The maximum atomic E-state index is 5.00. The first-order chi connectivity index (χ1) is 13.7. The van der Waals surface area contributed by atoms with Crippen LogP contribution in [0.3, 0.4) is 0 Å². The van der Waals surface area contributed by atoms with E-state index in [-0.39, 0.29) is 6.04 Å². The highest BCUT2D eigenvalue weighted by molar-refractivity contribution is 5.87. The number of benzene rings is 4. The Kier molecular flexibility index (Phi) is 5.34. The Hall–Kier alpha value is -3.19. The molecule has 1 heteroatoms. The Bertz CT molecular complexity index is 1040. The highest BCUT2D eigenvalue weighted by Crippen LogP contribution is 2.27. The average molecular weight is 364 g/mol. The van der Waals surface area contributed by atoms with E-state index in [2.05, 4.69) is 111 Å². The molecule has 4 aromatic carbocycles. The molecule has 0 aliphatic carbocycles. The van der Waals surface area contributed by atoms with Gasteiger partial charge >= 0.3 is 0 Å². The van der Waals surface area contributed by atoms with E-state index >= 15 is 0 Å². The molecular weight excluding hydrogens is 338 g/mol. The summed E-state index contributed by atoms with van der Waals surface area (Å²) in [4.78, 5) is 5.00. The molecule has 0 amide bonds. The summed E-state index contributed by atoms with van der Waals surface area (Å²) in [6, 6.07) is 32.5. The van der Waals surface area contributed by atoms with E-state index in [1.807, 2.05) is 0 Å². The molecule has 0 atom stereocenters. The predicted octanol–water partition coefficient (Wildman–Crippen LogP) is 6.86. The van der Waals surface area contributed by atoms with Crippen LogP contribution in [-0.4, -0.2) is 6.21 Å². The third kappa shape index (κ3) is 4.04. The minimum atomic E-state index is 0.0242. The second-order valence-corrected chi connectivity index (χ2v) is 7.40. The number of rotatable bonds is 5. The Morgan fingerprint density at radius 1 is 0.679 bits per heavy atom. The van der Waals surface area contributed by atoms with E-state index in [1.54, 1.807) is 0 Å². The first kappa shape index (κ1) is 18.2. The van der Waals surface area contributed by atoms with Crippen LogP contribution in [0.4, 0.5) is 0 Å². The molecule has 0 saturated carbocycles. The third-order valence-electron chi connectivity index (χ3n) is 5.23. The molecule has 0 saturated heterocycles. The van der Waals surface area contributed by atoms with Gasteiger partial charge in [0.2, 0.25) is 0 Å². The Labute approximate surface area is 167 Å². The van der Waals surface area contributed by atoms with Gasteiger partial charge in [-0.3, -0.25) is 4.99 Å². The zero-order valence-electron chi connectivity index (χ0n) is 16.5. The number of aliphatic imine (C=N–C) groups is 1. The lowest BCUT2D eigenvalue weighted by molar-refractivity contribution is 0.873. The highest BCUT2D eigenvalue weighted by Gasteiger charge is 2.12. The maximum absolute atomic E-state index is 5.00. The first-order valence-corrected chi connectivity index (χ1v) is 9.82. The minimum absolute atomic E-state index is 0.0242. The lowest BCUT2D eigenvalue weighted by atomic mass is 9.97. The van der Waals surface area contributed by atoms with Crippen molar-refractivity contribution in [3.8, 4) is 0 Å². The summed E-state index contributed by atoms with van der Waals surface area (Å²) in [5.41, 5.74) is 6.30. The summed E-state index contributed by atoms with van der Waals surface area (Å²) in [6.45, 7) is 4.24. The Balaban J connectivity index is 1.65. The van der Waals surface area contributed by atoms with Crippen LogP contribution < -0.4 is 0 Å². The zero-order chi connectivity index (χ0) is 19.3. The summed E-state index contributed by atoms with van der Waals surface area (Å²) in [6.07, 6.45) is 2.90. The second-order valence-electron chi connectivity index (χ2n) is 7.40. The standard InChI is InChI=1S/C27H25N/c1-20-10-14-24(15-11-20)27(25-16-12-21(2)13-17-25)28-19-18-23-8-5-7-22-6-3-4-9-26(22)23/h3-17,19,27H,18H2,1-2H3. The molecule has 0 unspecified atom stereocenters. The monoisotopic (exact) mass is 363 g/mol. The predicted molar refractivity (Wildman–Crippen MR) is 120 cm³/mol. The molecule has 138 valence electrons. The van der Waals surface area contributed by atoms with Crippen LogP contribution >= 0.6 is 0 Å². The van der Waals surface area contributed by atoms with E-state index in [4.69, 9.17) is 4.99 Å². The van der Waals surface area contributed by atoms with Crippen molar-refractivity contribution in [2.45, 2.75) is 26.3 Å². The molecule has 0 radical (unpaired) electrons. The largest absolute Gasteiger partial charge is 0.284 e. The van der Waals surface area contributed by atoms with Crippen molar-refractivity contribution >= 4 is 17.0 Å². The van der Waals surface area contributed by atoms with Gasteiger partial charge in [0.15, 0.2) is 0 Å². The maximum Gasteiger partial charge on any atom is 0.0995 e.